The smallest absolute Gasteiger partial charge is 0.117 e. The van der Waals surface area contributed by atoms with Crippen molar-refractivity contribution in [2.45, 2.75) is 37.8 Å². The molecule has 3 heteroatoms. The molecular weight excluding hydrogens is 260 g/mol. The molecule has 0 saturated heterocycles. The van der Waals surface area contributed by atoms with Crippen molar-refractivity contribution in [3.05, 3.63) is 59.5 Å². The highest BCUT2D eigenvalue weighted by Gasteiger charge is 2.40. The first-order valence-electron chi connectivity index (χ1n) is 7.70. The number of furan rings is 1. The number of hydrogen-bond donors (Lipinski definition) is 1. The van der Waals surface area contributed by atoms with Crippen LogP contribution in [0.1, 0.15) is 42.6 Å². The zero-order chi connectivity index (χ0) is 14.9. The van der Waals surface area contributed by atoms with Crippen molar-refractivity contribution < 1.29 is 4.42 Å². The standard InChI is InChI=1S/C18H24N2O/c1-14-9-10-18(13-19,17-8-4-3-7-16(14)17)20(2)12-15-6-5-11-21-15/h3-8,11,14H,9-10,12-13,19H2,1-2H3. The molecule has 1 heterocycles. The summed E-state index contributed by atoms with van der Waals surface area (Å²) in [6, 6.07) is 12.7. The molecule has 2 unspecified atom stereocenters. The molecule has 0 aliphatic heterocycles. The number of fused-ring (bicyclic) bond motifs is 1. The topological polar surface area (TPSA) is 42.4 Å². The number of benzene rings is 1. The highest BCUT2D eigenvalue weighted by Crippen LogP contribution is 2.44. The fourth-order valence-electron chi connectivity index (χ4n) is 3.65. The van der Waals surface area contributed by atoms with Gasteiger partial charge in [0.25, 0.3) is 0 Å². The molecule has 1 aromatic carbocycles. The Morgan fingerprint density at radius 3 is 2.81 bits per heavy atom. The second kappa shape index (κ2) is 5.66. The summed E-state index contributed by atoms with van der Waals surface area (Å²) in [5, 5.41) is 0. The molecule has 21 heavy (non-hydrogen) atoms. The van der Waals surface area contributed by atoms with Gasteiger partial charge in [-0.15, -0.1) is 0 Å². The van der Waals surface area contributed by atoms with Gasteiger partial charge in [0.15, 0.2) is 0 Å². The quantitative estimate of drug-likeness (QED) is 0.935. The third-order valence-electron chi connectivity index (χ3n) is 5.03. The van der Waals surface area contributed by atoms with Gasteiger partial charge >= 0.3 is 0 Å². The van der Waals surface area contributed by atoms with Crippen molar-refractivity contribution in [3.63, 3.8) is 0 Å². The maximum atomic E-state index is 6.26. The predicted molar refractivity (Wildman–Crippen MR) is 85.0 cm³/mol. The zero-order valence-electron chi connectivity index (χ0n) is 12.9. The maximum Gasteiger partial charge on any atom is 0.117 e. The fourth-order valence-corrected chi connectivity index (χ4v) is 3.65. The van der Waals surface area contributed by atoms with Crippen molar-refractivity contribution in [1.82, 2.24) is 4.90 Å². The molecule has 0 bridgehead atoms. The van der Waals surface area contributed by atoms with E-state index in [1.165, 1.54) is 17.5 Å². The van der Waals surface area contributed by atoms with E-state index in [1.54, 1.807) is 6.26 Å². The summed E-state index contributed by atoms with van der Waals surface area (Å²) >= 11 is 0. The number of likely N-dealkylation sites (N-methyl/N-ethyl adjacent to an activating group) is 1. The van der Waals surface area contributed by atoms with Gasteiger partial charge < -0.3 is 10.2 Å². The third-order valence-corrected chi connectivity index (χ3v) is 5.03. The highest BCUT2D eigenvalue weighted by atomic mass is 16.3. The van der Waals surface area contributed by atoms with E-state index in [0.717, 1.165) is 18.7 Å². The molecule has 0 spiro atoms. The Hall–Kier alpha value is -1.58. The second-order valence-corrected chi connectivity index (χ2v) is 6.20. The maximum absolute atomic E-state index is 6.26. The molecule has 1 aliphatic rings. The normalized spacial score (nSPS) is 25.0. The Morgan fingerprint density at radius 1 is 1.29 bits per heavy atom. The van der Waals surface area contributed by atoms with Gasteiger partial charge in [0.2, 0.25) is 0 Å². The van der Waals surface area contributed by atoms with Crippen LogP contribution in [0.4, 0.5) is 0 Å². The molecule has 2 N–H and O–H groups in total. The summed E-state index contributed by atoms with van der Waals surface area (Å²) in [6.45, 7) is 3.73. The number of hydrogen-bond acceptors (Lipinski definition) is 3. The molecule has 2 aromatic rings. The van der Waals surface area contributed by atoms with E-state index in [1.807, 2.05) is 12.1 Å². The second-order valence-electron chi connectivity index (χ2n) is 6.20. The summed E-state index contributed by atoms with van der Waals surface area (Å²) in [7, 11) is 2.15. The van der Waals surface area contributed by atoms with Crippen LogP contribution < -0.4 is 5.73 Å². The van der Waals surface area contributed by atoms with E-state index in [2.05, 4.69) is 43.1 Å². The van der Waals surface area contributed by atoms with E-state index < -0.39 is 0 Å². The first-order chi connectivity index (χ1) is 10.2. The minimum Gasteiger partial charge on any atom is -0.468 e. The Labute approximate surface area is 126 Å². The molecular formula is C18H24N2O. The monoisotopic (exact) mass is 284 g/mol. The lowest BCUT2D eigenvalue weighted by Crippen LogP contribution is -2.51. The third kappa shape index (κ3) is 2.41. The van der Waals surface area contributed by atoms with Crippen LogP contribution in [-0.2, 0) is 12.1 Å². The molecule has 1 aromatic heterocycles. The molecule has 0 fully saturated rings. The van der Waals surface area contributed by atoms with Gasteiger partial charge in [-0.1, -0.05) is 31.2 Å². The average Bonchev–Trinajstić information content (AvgIpc) is 3.01. The SMILES string of the molecule is CC1CCC(CN)(N(C)Cc2ccco2)c2ccccc21. The fraction of sp³-hybridized carbons (Fsp3) is 0.444. The Kier molecular flexibility index (Phi) is 3.87. The average molecular weight is 284 g/mol. The lowest BCUT2D eigenvalue weighted by atomic mass is 9.71. The summed E-state index contributed by atoms with van der Waals surface area (Å²) in [5.74, 6) is 1.60. The van der Waals surface area contributed by atoms with Crippen LogP contribution >= 0.6 is 0 Å². The van der Waals surface area contributed by atoms with Crippen LogP contribution in [0.2, 0.25) is 0 Å². The van der Waals surface area contributed by atoms with E-state index in [4.69, 9.17) is 10.2 Å². The molecule has 0 saturated carbocycles. The molecule has 0 amide bonds. The molecule has 1 aliphatic carbocycles. The number of rotatable bonds is 4. The minimum atomic E-state index is -0.0874. The molecule has 2 atom stereocenters. The van der Waals surface area contributed by atoms with Gasteiger partial charge in [0, 0.05) is 6.54 Å². The largest absolute Gasteiger partial charge is 0.468 e. The summed E-state index contributed by atoms with van der Waals surface area (Å²) in [5.41, 5.74) is 9.00. The van der Waals surface area contributed by atoms with Crippen LogP contribution in [0.3, 0.4) is 0 Å². The van der Waals surface area contributed by atoms with Crippen molar-refractivity contribution in [1.29, 1.82) is 0 Å². The summed E-state index contributed by atoms with van der Waals surface area (Å²) < 4.78 is 5.51. The van der Waals surface area contributed by atoms with Crippen LogP contribution in [0.15, 0.2) is 47.1 Å². The molecule has 112 valence electrons. The molecule has 0 radical (unpaired) electrons. The number of nitrogens with zero attached hydrogens (tertiary/aromatic N) is 1. The lowest BCUT2D eigenvalue weighted by Gasteiger charge is -2.46. The van der Waals surface area contributed by atoms with Crippen molar-refractivity contribution in [3.8, 4) is 0 Å². The van der Waals surface area contributed by atoms with Crippen LogP contribution in [0, 0.1) is 0 Å². The van der Waals surface area contributed by atoms with Crippen molar-refractivity contribution >= 4 is 0 Å². The summed E-state index contributed by atoms with van der Waals surface area (Å²) in [4.78, 5) is 2.36. The van der Waals surface area contributed by atoms with Gasteiger partial charge in [0.05, 0.1) is 18.3 Å². The van der Waals surface area contributed by atoms with Gasteiger partial charge in [-0.05, 0) is 49.1 Å². The van der Waals surface area contributed by atoms with Gasteiger partial charge in [0.1, 0.15) is 5.76 Å². The minimum absolute atomic E-state index is 0.0874. The first-order valence-corrected chi connectivity index (χ1v) is 7.70. The predicted octanol–water partition coefficient (Wildman–Crippen LogP) is 3.46. The highest BCUT2D eigenvalue weighted by molar-refractivity contribution is 5.39. The van der Waals surface area contributed by atoms with Crippen molar-refractivity contribution in [2.75, 3.05) is 13.6 Å². The summed E-state index contributed by atoms with van der Waals surface area (Å²) in [6.07, 6.45) is 4.00. The molecule has 3 nitrogen and oxygen atoms in total. The van der Waals surface area contributed by atoms with Crippen LogP contribution in [0.5, 0.6) is 0 Å². The van der Waals surface area contributed by atoms with E-state index >= 15 is 0 Å². The Morgan fingerprint density at radius 2 is 2.10 bits per heavy atom. The molecule has 3 rings (SSSR count). The lowest BCUT2D eigenvalue weighted by molar-refractivity contribution is 0.0848. The van der Waals surface area contributed by atoms with E-state index in [-0.39, 0.29) is 5.54 Å². The van der Waals surface area contributed by atoms with E-state index in [0.29, 0.717) is 12.5 Å². The first kappa shape index (κ1) is 14.4. The number of nitrogens with two attached hydrogens (primary N) is 1. The Balaban J connectivity index is 1.98. The zero-order valence-corrected chi connectivity index (χ0v) is 12.9. The van der Waals surface area contributed by atoms with E-state index in [9.17, 15) is 0 Å². The van der Waals surface area contributed by atoms with Crippen LogP contribution in [0.25, 0.3) is 0 Å². The van der Waals surface area contributed by atoms with Crippen molar-refractivity contribution in [2.24, 2.45) is 5.73 Å². The van der Waals surface area contributed by atoms with Crippen LogP contribution in [-0.4, -0.2) is 18.5 Å². The van der Waals surface area contributed by atoms with Gasteiger partial charge in [-0.25, -0.2) is 0 Å². The van der Waals surface area contributed by atoms with Gasteiger partial charge in [-0.2, -0.15) is 0 Å². The van der Waals surface area contributed by atoms with Gasteiger partial charge in [-0.3, -0.25) is 4.90 Å². The Bertz CT molecular complexity index is 593.